The summed E-state index contributed by atoms with van der Waals surface area (Å²) in [5.74, 6) is 0.545. The number of carbonyl (C=O) groups is 1. The molecule has 0 aliphatic carbocycles. The van der Waals surface area contributed by atoms with Crippen LogP contribution < -0.4 is 5.73 Å². The van der Waals surface area contributed by atoms with Gasteiger partial charge in [-0.3, -0.25) is 4.79 Å². The van der Waals surface area contributed by atoms with Gasteiger partial charge in [0.15, 0.2) is 0 Å². The van der Waals surface area contributed by atoms with Crippen molar-refractivity contribution in [3.05, 3.63) is 36.2 Å². The van der Waals surface area contributed by atoms with Crippen molar-refractivity contribution in [2.75, 3.05) is 13.1 Å². The molecule has 6 nitrogen and oxygen atoms in total. The van der Waals surface area contributed by atoms with E-state index >= 15 is 0 Å². The average molecular weight is 272 g/mol. The fourth-order valence-electron chi connectivity index (χ4n) is 2.44. The Morgan fingerprint density at radius 1 is 1.35 bits per heavy atom. The van der Waals surface area contributed by atoms with Crippen molar-refractivity contribution >= 4 is 5.91 Å². The van der Waals surface area contributed by atoms with Gasteiger partial charge in [0.25, 0.3) is 5.91 Å². The number of likely N-dealkylation sites (tertiary alicyclic amines) is 1. The second-order valence-corrected chi connectivity index (χ2v) is 4.99. The van der Waals surface area contributed by atoms with E-state index in [2.05, 4.69) is 10.1 Å². The Labute approximate surface area is 116 Å². The van der Waals surface area contributed by atoms with Crippen LogP contribution in [-0.2, 0) is 0 Å². The third kappa shape index (κ3) is 2.55. The van der Waals surface area contributed by atoms with Crippen molar-refractivity contribution < 1.29 is 9.32 Å². The molecule has 1 aromatic carbocycles. The van der Waals surface area contributed by atoms with E-state index in [1.54, 1.807) is 12.1 Å². The van der Waals surface area contributed by atoms with Crippen molar-refractivity contribution in [3.63, 3.8) is 0 Å². The number of nitrogens with two attached hydrogens (primary N) is 1. The topological polar surface area (TPSA) is 85.2 Å². The van der Waals surface area contributed by atoms with Gasteiger partial charge in [-0.2, -0.15) is 4.98 Å². The van der Waals surface area contributed by atoms with Gasteiger partial charge in [0.05, 0.1) is 0 Å². The first-order valence-corrected chi connectivity index (χ1v) is 6.66. The van der Waals surface area contributed by atoms with Gasteiger partial charge in [0.2, 0.25) is 12.2 Å². The molecule has 0 bridgehead atoms. The summed E-state index contributed by atoms with van der Waals surface area (Å²) < 4.78 is 4.70. The monoisotopic (exact) mass is 272 g/mol. The number of amides is 1. The zero-order valence-electron chi connectivity index (χ0n) is 11.0. The number of benzene rings is 1. The molecule has 6 heteroatoms. The first-order valence-electron chi connectivity index (χ1n) is 6.66. The summed E-state index contributed by atoms with van der Waals surface area (Å²) in [7, 11) is 0. The van der Waals surface area contributed by atoms with E-state index in [9.17, 15) is 4.79 Å². The standard InChI is InChI=1S/C14H16N4O2/c15-12-2-1-7-18(8-12)14(19)11-5-3-10(4-6-11)13-16-9-20-17-13/h3-6,9,12H,1-2,7-8,15H2. The third-order valence-corrected chi connectivity index (χ3v) is 3.50. The summed E-state index contributed by atoms with van der Waals surface area (Å²) in [5, 5.41) is 3.76. The van der Waals surface area contributed by atoms with E-state index in [4.69, 9.17) is 10.3 Å². The van der Waals surface area contributed by atoms with E-state index < -0.39 is 0 Å². The van der Waals surface area contributed by atoms with Crippen molar-refractivity contribution in [1.82, 2.24) is 15.0 Å². The fraction of sp³-hybridized carbons (Fsp3) is 0.357. The summed E-state index contributed by atoms with van der Waals surface area (Å²) >= 11 is 0. The first kappa shape index (κ1) is 12.8. The van der Waals surface area contributed by atoms with Gasteiger partial charge in [-0.15, -0.1) is 0 Å². The zero-order valence-corrected chi connectivity index (χ0v) is 11.0. The van der Waals surface area contributed by atoms with Crippen molar-refractivity contribution in [1.29, 1.82) is 0 Å². The van der Waals surface area contributed by atoms with Crippen LogP contribution in [0.15, 0.2) is 35.2 Å². The Morgan fingerprint density at radius 3 is 2.80 bits per heavy atom. The molecule has 3 rings (SSSR count). The van der Waals surface area contributed by atoms with E-state index in [0.29, 0.717) is 17.9 Å². The van der Waals surface area contributed by atoms with E-state index in [1.807, 2.05) is 17.0 Å². The van der Waals surface area contributed by atoms with Crippen LogP contribution in [0, 0.1) is 0 Å². The quantitative estimate of drug-likeness (QED) is 0.890. The highest BCUT2D eigenvalue weighted by molar-refractivity contribution is 5.94. The molecule has 1 fully saturated rings. The van der Waals surface area contributed by atoms with E-state index in [1.165, 1.54) is 6.39 Å². The van der Waals surface area contributed by atoms with E-state index in [-0.39, 0.29) is 11.9 Å². The number of carbonyl (C=O) groups excluding carboxylic acids is 1. The largest absolute Gasteiger partial charge is 0.342 e. The van der Waals surface area contributed by atoms with Crippen molar-refractivity contribution in [2.45, 2.75) is 18.9 Å². The SMILES string of the molecule is NC1CCCN(C(=O)c2ccc(-c3ncon3)cc2)C1. The second kappa shape index (κ2) is 5.42. The predicted molar refractivity (Wildman–Crippen MR) is 72.8 cm³/mol. The molecule has 1 atom stereocenters. The molecule has 1 unspecified atom stereocenters. The van der Waals surface area contributed by atoms with Crippen LogP contribution in [-0.4, -0.2) is 40.1 Å². The average Bonchev–Trinajstić information content (AvgIpc) is 3.01. The van der Waals surface area contributed by atoms with Gasteiger partial charge in [-0.05, 0) is 25.0 Å². The van der Waals surface area contributed by atoms with Crippen LogP contribution in [0.5, 0.6) is 0 Å². The molecule has 0 saturated carbocycles. The lowest BCUT2D eigenvalue weighted by molar-refractivity contribution is 0.0709. The Balaban J connectivity index is 1.75. The molecule has 1 saturated heterocycles. The Kier molecular flexibility index (Phi) is 3.47. The zero-order chi connectivity index (χ0) is 13.9. The highest BCUT2D eigenvalue weighted by Gasteiger charge is 2.22. The summed E-state index contributed by atoms with van der Waals surface area (Å²) in [6.07, 6.45) is 3.23. The van der Waals surface area contributed by atoms with Gasteiger partial charge >= 0.3 is 0 Å². The van der Waals surface area contributed by atoms with Crippen LogP contribution in [0.2, 0.25) is 0 Å². The number of hydrogen-bond donors (Lipinski definition) is 1. The summed E-state index contributed by atoms with van der Waals surface area (Å²) in [5.41, 5.74) is 7.39. The molecule has 0 radical (unpaired) electrons. The van der Waals surface area contributed by atoms with Crippen LogP contribution in [0.1, 0.15) is 23.2 Å². The van der Waals surface area contributed by atoms with Gasteiger partial charge < -0.3 is 15.2 Å². The normalized spacial score (nSPS) is 19.1. The number of nitrogens with zero attached hydrogens (tertiary/aromatic N) is 3. The lowest BCUT2D eigenvalue weighted by Gasteiger charge is -2.30. The number of rotatable bonds is 2. The minimum atomic E-state index is 0.0276. The fourth-order valence-corrected chi connectivity index (χ4v) is 2.44. The number of piperidine rings is 1. The smallest absolute Gasteiger partial charge is 0.253 e. The Morgan fingerprint density at radius 2 is 2.15 bits per heavy atom. The molecule has 2 N–H and O–H groups in total. The van der Waals surface area contributed by atoms with Crippen LogP contribution in [0.3, 0.4) is 0 Å². The minimum absolute atomic E-state index is 0.0276. The maximum absolute atomic E-state index is 12.4. The highest BCUT2D eigenvalue weighted by Crippen LogP contribution is 2.17. The van der Waals surface area contributed by atoms with Gasteiger partial charge in [0, 0.05) is 30.3 Å². The van der Waals surface area contributed by atoms with Gasteiger partial charge in [-0.25, -0.2) is 0 Å². The Bertz CT molecular complexity index is 580. The molecular weight excluding hydrogens is 256 g/mol. The molecule has 20 heavy (non-hydrogen) atoms. The van der Waals surface area contributed by atoms with Crippen molar-refractivity contribution in [3.8, 4) is 11.4 Å². The minimum Gasteiger partial charge on any atom is -0.342 e. The molecule has 1 aliphatic heterocycles. The lowest BCUT2D eigenvalue weighted by Crippen LogP contribution is -2.45. The first-order chi connectivity index (χ1) is 9.74. The van der Waals surface area contributed by atoms with Gasteiger partial charge in [0.1, 0.15) is 0 Å². The summed E-state index contributed by atoms with van der Waals surface area (Å²) in [6, 6.07) is 7.30. The van der Waals surface area contributed by atoms with Gasteiger partial charge in [-0.1, -0.05) is 17.3 Å². The van der Waals surface area contributed by atoms with Crippen LogP contribution >= 0.6 is 0 Å². The molecule has 0 spiro atoms. The second-order valence-electron chi connectivity index (χ2n) is 4.99. The lowest BCUT2D eigenvalue weighted by atomic mass is 10.0. The van der Waals surface area contributed by atoms with E-state index in [0.717, 1.165) is 24.9 Å². The van der Waals surface area contributed by atoms with Crippen LogP contribution in [0.4, 0.5) is 0 Å². The highest BCUT2D eigenvalue weighted by atomic mass is 16.5. The number of hydrogen-bond acceptors (Lipinski definition) is 5. The summed E-state index contributed by atoms with van der Waals surface area (Å²) in [6.45, 7) is 1.41. The molecule has 2 aromatic rings. The molecule has 1 aliphatic rings. The van der Waals surface area contributed by atoms with Crippen molar-refractivity contribution in [2.24, 2.45) is 5.73 Å². The molecule has 1 aromatic heterocycles. The molecule has 2 heterocycles. The summed E-state index contributed by atoms with van der Waals surface area (Å²) in [4.78, 5) is 18.2. The maximum Gasteiger partial charge on any atom is 0.253 e. The van der Waals surface area contributed by atoms with Crippen LogP contribution in [0.25, 0.3) is 11.4 Å². The molecular formula is C14H16N4O2. The number of aromatic nitrogens is 2. The predicted octanol–water partition coefficient (Wildman–Crippen LogP) is 1.30. The third-order valence-electron chi connectivity index (χ3n) is 3.50. The molecule has 1 amide bonds. The Hall–Kier alpha value is -2.21. The molecule has 104 valence electrons. The maximum atomic E-state index is 12.4.